The zero-order valence-electron chi connectivity index (χ0n) is 11.8. The Balaban J connectivity index is 2.19. The lowest BCUT2D eigenvalue weighted by molar-refractivity contribution is -0.141. The molecule has 1 atom stereocenters. The van der Waals surface area contributed by atoms with Crippen molar-refractivity contribution in [3.8, 4) is 11.3 Å². The Morgan fingerprint density at radius 3 is 2.90 bits per heavy atom. The van der Waals surface area contributed by atoms with Gasteiger partial charge in [-0.05, 0) is 25.5 Å². The summed E-state index contributed by atoms with van der Waals surface area (Å²) in [5.74, 6) is -0.248. The Morgan fingerprint density at radius 1 is 1.50 bits per heavy atom. The number of methoxy groups -OCH3 is 1. The van der Waals surface area contributed by atoms with Crippen LogP contribution >= 0.6 is 11.3 Å². The predicted octanol–water partition coefficient (Wildman–Crippen LogP) is 3.48. The molecule has 0 aliphatic rings. The summed E-state index contributed by atoms with van der Waals surface area (Å²) in [6.07, 6.45) is 0.673. The van der Waals surface area contributed by atoms with Gasteiger partial charge >= 0.3 is 5.97 Å². The number of carbonyl (C=O) groups excluding carboxylic acids is 1. The van der Waals surface area contributed by atoms with Crippen molar-refractivity contribution in [3.63, 3.8) is 0 Å². The zero-order valence-corrected chi connectivity index (χ0v) is 12.7. The van der Waals surface area contributed by atoms with Gasteiger partial charge in [0.25, 0.3) is 0 Å². The van der Waals surface area contributed by atoms with Crippen molar-refractivity contribution >= 4 is 23.0 Å². The molecule has 0 aliphatic heterocycles. The molecule has 1 aromatic heterocycles. The fourth-order valence-corrected chi connectivity index (χ4v) is 2.56. The molecule has 0 saturated carbocycles. The van der Waals surface area contributed by atoms with Crippen LogP contribution < -0.4 is 5.32 Å². The van der Waals surface area contributed by atoms with Crippen LogP contribution in [0.3, 0.4) is 0 Å². The second-order valence-corrected chi connectivity index (χ2v) is 5.52. The van der Waals surface area contributed by atoms with E-state index >= 15 is 0 Å². The van der Waals surface area contributed by atoms with E-state index in [1.807, 2.05) is 43.5 Å². The molecular weight excluding hydrogens is 272 g/mol. The number of hydrogen-bond acceptors (Lipinski definition) is 5. The second-order valence-electron chi connectivity index (χ2n) is 4.46. The van der Waals surface area contributed by atoms with Gasteiger partial charge in [0.15, 0.2) is 0 Å². The average Bonchev–Trinajstić information content (AvgIpc) is 2.91. The van der Waals surface area contributed by atoms with Crippen molar-refractivity contribution in [3.05, 3.63) is 34.7 Å². The molecule has 0 radical (unpaired) electrons. The van der Waals surface area contributed by atoms with Crippen LogP contribution in [-0.4, -0.2) is 24.1 Å². The first-order chi connectivity index (χ1) is 9.63. The molecule has 0 aliphatic carbocycles. The van der Waals surface area contributed by atoms with E-state index in [0.29, 0.717) is 6.42 Å². The van der Waals surface area contributed by atoms with E-state index < -0.39 is 0 Å². The summed E-state index contributed by atoms with van der Waals surface area (Å²) in [7, 11) is 1.40. The van der Waals surface area contributed by atoms with E-state index in [9.17, 15) is 4.79 Å². The number of carbonyl (C=O) groups is 1. The highest BCUT2D eigenvalue weighted by molar-refractivity contribution is 7.09. The molecule has 2 rings (SSSR count). The van der Waals surface area contributed by atoms with Gasteiger partial charge in [-0.25, -0.2) is 9.78 Å². The van der Waals surface area contributed by atoms with Gasteiger partial charge in [0.2, 0.25) is 0 Å². The molecular formula is C15H18N2O2S. The van der Waals surface area contributed by atoms with Crippen LogP contribution in [-0.2, 0) is 9.53 Å². The smallest absolute Gasteiger partial charge is 0.328 e. The molecule has 2 aromatic rings. The van der Waals surface area contributed by atoms with Crippen molar-refractivity contribution in [2.24, 2.45) is 0 Å². The first-order valence-electron chi connectivity index (χ1n) is 6.51. The number of anilines is 1. The molecule has 106 valence electrons. The molecule has 0 saturated heterocycles. The van der Waals surface area contributed by atoms with Gasteiger partial charge < -0.3 is 10.1 Å². The number of hydrogen-bond donors (Lipinski definition) is 1. The number of ether oxygens (including phenoxy) is 1. The molecule has 4 nitrogen and oxygen atoms in total. The molecule has 1 aromatic carbocycles. The number of nitrogens with one attached hydrogen (secondary N) is 1. The van der Waals surface area contributed by atoms with Gasteiger partial charge in [-0.15, -0.1) is 11.3 Å². The van der Waals surface area contributed by atoms with Gasteiger partial charge in [0, 0.05) is 16.6 Å². The van der Waals surface area contributed by atoms with E-state index in [1.165, 1.54) is 7.11 Å². The van der Waals surface area contributed by atoms with Gasteiger partial charge in [-0.1, -0.05) is 19.1 Å². The summed E-state index contributed by atoms with van der Waals surface area (Å²) >= 11 is 1.63. The quantitative estimate of drug-likeness (QED) is 0.857. The minimum absolute atomic E-state index is 0.248. The third-order valence-electron chi connectivity index (χ3n) is 3.01. The number of nitrogens with zero attached hydrogens (tertiary/aromatic N) is 1. The number of aromatic nitrogens is 1. The standard InChI is InChI=1S/C15H18N2O2S/c1-4-13(15(18)19-3)17-12-7-5-6-11(8-12)14-9-20-10(2)16-14/h5-9,13,17H,4H2,1-3H3. The number of thiazole rings is 1. The molecule has 1 heterocycles. The Kier molecular flexibility index (Phi) is 4.74. The first kappa shape index (κ1) is 14.5. The lowest BCUT2D eigenvalue weighted by Gasteiger charge is -2.16. The maximum atomic E-state index is 11.6. The zero-order chi connectivity index (χ0) is 14.5. The molecule has 0 amide bonds. The maximum absolute atomic E-state index is 11.6. The SMILES string of the molecule is CCC(Nc1cccc(-c2csc(C)n2)c1)C(=O)OC. The van der Waals surface area contributed by atoms with E-state index in [-0.39, 0.29) is 12.0 Å². The normalized spacial score (nSPS) is 11.9. The molecule has 20 heavy (non-hydrogen) atoms. The number of aryl methyl sites for hydroxylation is 1. The van der Waals surface area contributed by atoms with E-state index in [1.54, 1.807) is 11.3 Å². The van der Waals surface area contributed by atoms with Gasteiger partial charge in [-0.2, -0.15) is 0 Å². The largest absolute Gasteiger partial charge is 0.467 e. The Bertz CT molecular complexity index is 595. The Labute approximate surface area is 122 Å². The molecule has 1 N–H and O–H groups in total. The van der Waals surface area contributed by atoms with Crippen LogP contribution in [0.2, 0.25) is 0 Å². The highest BCUT2D eigenvalue weighted by Gasteiger charge is 2.16. The van der Waals surface area contributed by atoms with Crippen molar-refractivity contribution in [1.82, 2.24) is 4.98 Å². The first-order valence-corrected chi connectivity index (χ1v) is 7.39. The second kappa shape index (κ2) is 6.52. The third kappa shape index (κ3) is 3.36. The average molecular weight is 290 g/mol. The lowest BCUT2D eigenvalue weighted by Crippen LogP contribution is -2.29. The van der Waals surface area contributed by atoms with Crippen LogP contribution in [0.4, 0.5) is 5.69 Å². The Hall–Kier alpha value is -1.88. The fourth-order valence-electron chi connectivity index (χ4n) is 1.94. The highest BCUT2D eigenvalue weighted by atomic mass is 32.1. The van der Waals surface area contributed by atoms with Crippen LogP contribution in [0, 0.1) is 6.92 Å². The Morgan fingerprint density at radius 2 is 2.30 bits per heavy atom. The summed E-state index contributed by atoms with van der Waals surface area (Å²) in [6.45, 7) is 3.93. The maximum Gasteiger partial charge on any atom is 0.328 e. The summed E-state index contributed by atoms with van der Waals surface area (Å²) < 4.78 is 4.78. The summed E-state index contributed by atoms with van der Waals surface area (Å²) in [5, 5.41) is 6.27. The molecule has 0 bridgehead atoms. The van der Waals surface area contributed by atoms with Crippen molar-refractivity contribution in [2.45, 2.75) is 26.3 Å². The number of rotatable bonds is 5. The van der Waals surface area contributed by atoms with Crippen LogP contribution in [0.25, 0.3) is 11.3 Å². The summed E-state index contributed by atoms with van der Waals surface area (Å²) in [5.41, 5.74) is 2.90. The third-order valence-corrected chi connectivity index (χ3v) is 3.79. The number of benzene rings is 1. The van der Waals surface area contributed by atoms with Crippen molar-refractivity contribution in [2.75, 3.05) is 12.4 Å². The van der Waals surface area contributed by atoms with Gasteiger partial charge in [-0.3, -0.25) is 0 Å². The van der Waals surface area contributed by atoms with Gasteiger partial charge in [0.05, 0.1) is 17.8 Å². The summed E-state index contributed by atoms with van der Waals surface area (Å²) in [4.78, 5) is 16.1. The minimum Gasteiger partial charge on any atom is -0.467 e. The van der Waals surface area contributed by atoms with E-state index in [4.69, 9.17) is 4.74 Å². The monoisotopic (exact) mass is 290 g/mol. The van der Waals surface area contributed by atoms with Crippen LogP contribution in [0.5, 0.6) is 0 Å². The fraction of sp³-hybridized carbons (Fsp3) is 0.333. The van der Waals surface area contributed by atoms with Crippen LogP contribution in [0.1, 0.15) is 18.4 Å². The number of esters is 1. The molecule has 0 fully saturated rings. The highest BCUT2D eigenvalue weighted by Crippen LogP contribution is 2.24. The van der Waals surface area contributed by atoms with Crippen molar-refractivity contribution < 1.29 is 9.53 Å². The van der Waals surface area contributed by atoms with Crippen LogP contribution in [0.15, 0.2) is 29.6 Å². The van der Waals surface area contributed by atoms with E-state index in [2.05, 4.69) is 10.3 Å². The van der Waals surface area contributed by atoms with Gasteiger partial charge in [0.1, 0.15) is 6.04 Å². The topological polar surface area (TPSA) is 51.2 Å². The molecule has 1 unspecified atom stereocenters. The summed E-state index contributed by atoms with van der Waals surface area (Å²) in [6, 6.07) is 7.58. The van der Waals surface area contributed by atoms with Crippen molar-refractivity contribution in [1.29, 1.82) is 0 Å². The molecule has 0 spiro atoms. The molecule has 5 heteroatoms. The lowest BCUT2D eigenvalue weighted by atomic mass is 10.1. The minimum atomic E-state index is -0.326. The predicted molar refractivity (Wildman–Crippen MR) is 82.0 cm³/mol. The van der Waals surface area contributed by atoms with E-state index in [0.717, 1.165) is 22.0 Å².